The highest BCUT2D eigenvalue weighted by atomic mass is 32.2. The van der Waals surface area contributed by atoms with Crippen molar-refractivity contribution < 1.29 is 45.7 Å². The van der Waals surface area contributed by atoms with E-state index in [0.717, 1.165) is 88.9 Å². The van der Waals surface area contributed by atoms with Crippen LogP contribution in [0, 0.1) is 20.2 Å². The Morgan fingerprint density at radius 3 is 1.45 bits per heavy atom. The Hall–Kier alpha value is -8.04. The molecule has 0 bridgehead atoms. The smallest absolute Gasteiger partial charge is 0.410 e. The highest BCUT2D eigenvalue weighted by Crippen LogP contribution is 2.35. The number of sulfone groups is 2. The summed E-state index contributed by atoms with van der Waals surface area (Å²) in [5.74, 6) is 0.169. The van der Waals surface area contributed by atoms with Crippen LogP contribution < -0.4 is 0 Å². The largest absolute Gasteiger partial charge is 0.445 e. The van der Waals surface area contributed by atoms with Gasteiger partial charge in [-0.15, -0.1) is 13.2 Å². The van der Waals surface area contributed by atoms with Crippen LogP contribution in [0.4, 0.5) is 21.0 Å². The lowest BCUT2D eigenvalue weighted by Gasteiger charge is -2.39. The van der Waals surface area contributed by atoms with Crippen LogP contribution in [0.3, 0.4) is 0 Å². The summed E-state index contributed by atoms with van der Waals surface area (Å²) in [4.78, 5) is 55.8. The van der Waals surface area contributed by atoms with E-state index in [1.165, 1.54) is 24.3 Å². The number of hydrogen-bond acceptors (Lipinski definition) is 14. The van der Waals surface area contributed by atoms with E-state index in [4.69, 9.17) is 9.47 Å². The van der Waals surface area contributed by atoms with E-state index in [1.54, 1.807) is 94.7 Å². The van der Waals surface area contributed by atoms with Crippen molar-refractivity contribution in [3.8, 4) is 0 Å². The Morgan fingerprint density at radius 1 is 0.607 bits per heavy atom. The van der Waals surface area contributed by atoms with E-state index in [-0.39, 0.29) is 53.8 Å². The molecule has 474 valence electrons. The molecule has 0 spiro atoms. The zero-order chi connectivity index (χ0) is 63.8. The van der Waals surface area contributed by atoms with Crippen molar-refractivity contribution in [1.82, 2.24) is 19.6 Å². The molecule has 2 heterocycles. The Morgan fingerprint density at radius 2 is 1.02 bits per heavy atom. The van der Waals surface area contributed by atoms with E-state index in [0.29, 0.717) is 53.3 Å². The minimum absolute atomic E-state index is 0.00475. The molecule has 6 aromatic rings. The number of non-ortho nitro benzene ring substituents is 2. The van der Waals surface area contributed by atoms with Crippen molar-refractivity contribution in [3.05, 3.63) is 238 Å². The van der Waals surface area contributed by atoms with Crippen LogP contribution >= 0.6 is 0 Å². The minimum atomic E-state index is -3.45. The number of likely N-dealkylation sites (tertiary alicyclic amines) is 2. The Labute approximate surface area is 525 Å². The molecule has 2 fully saturated rings. The number of nitro benzene ring substituents is 2. The summed E-state index contributed by atoms with van der Waals surface area (Å²) in [5.41, 5.74) is 3.29. The molecule has 20 heteroatoms. The Kier molecular flexibility index (Phi) is 25.8. The predicted molar refractivity (Wildman–Crippen MR) is 347 cm³/mol. The van der Waals surface area contributed by atoms with Crippen molar-refractivity contribution in [3.63, 3.8) is 0 Å². The normalized spacial score (nSPS) is 15.6. The molecule has 6 aromatic carbocycles. The van der Waals surface area contributed by atoms with Crippen molar-refractivity contribution in [2.75, 3.05) is 58.1 Å². The van der Waals surface area contributed by atoms with E-state index in [1.807, 2.05) is 55.5 Å². The topological polar surface area (TPSA) is 220 Å². The van der Waals surface area contributed by atoms with Crippen molar-refractivity contribution >= 4 is 43.2 Å². The van der Waals surface area contributed by atoms with E-state index >= 15 is 0 Å². The fraction of sp³-hybridized carbons (Fsp3) is 0.391. The maximum absolute atomic E-state index is 13.5. The molecular weight excluding hydrogens is 1170 g/mol. The number of nitro groups is 2. The second-order valence-corrected chi connectivity index (χ2v) is 27.4. The van der Waals surface area contributed by atoms with Gasteiger partial charge in [0, 0.05) is 75.6 Å². The molecule has 0 saturated carbocycles. The quantitative estimate of drug-likeness (QED) is 0.0242. The summed E-state index contributed by atoms with van der Waals surface area (Å²) in [5, 5.41) is 21.3. The second-order valence-electron chi connectivity index (χ2n) is 23.1. The first-order valence-electron chi connectivity index (χ1n) is 30.5. The van der Waals surface area contributed by atoms with Gasteiger partial charge in [-0.05, 0) is 153 Å². The van der Waals surface area contributed by atoms with Crippen LogP contribution in [0.15, 0.2) is 205 Å². The molecule has 3 atom stereocenters. The van der Waals surface area contributed by atoms with Gasteiger partial charge in [-0.2, -0.15) is 0 Å². The van der Waals surface area contributed by atoms with E-state index < -0.39 is 47.0 Å². The van der Waals surface area contributed by atoms with Crippen LogP contribution in [0.1, 0.15) is 99.8 Å². The minimum Gasteiger partial charge on any atom is -0.445 e. The molecule has 18 nitrogen and oxygen atoms in total. The van der Waals surface area contributed by atoms with Gasteiger partial charge in [0.15, 0.2) is 19.7 Å². The molecule has 0 N–H and O–H groups in total. The number of ether oxygens (including phenoxy) is 2. The van der Waals surface area contributed by atoms with Crippen molar-refractivity contribution in [2.24, 2.45) is 0 Å². The Balaban J connectivity index is 0.000000254. The number of rotatable bonds is 29. The number of nitrogens with zero attached hydrogens (tertiary/aromatic N) is 6. The third kappa shape index (κ3) is 20.0. The first-order chi connectivity index (χ1) is 42.8. The molecule has 0 aromatic heterocycles. The lowest BCUT2D eigenvalue weighted by Crippen LogP contribution is -2.48. The standard InChI is InChI=1S/C35H43N3O6S.C34H41N3O6S/c1-3-22-37(35(39)44-27-28-15-17-32(18-16-28)38(40)41)31-20-24-36(25-21-31)23-19-30(29-11-7-5-8-12-29)26-33(4-2)45(42,43)34-13-9-6-10-14-34;1-3-22-36(33(38)43-27-28-14-16-31(17-15-28)37(39)40)30-18-23-35(24-19-30)25-20-34(2,29-10-6-4-7-11-29)21-26-44(41,42)32-12-8-5-9-13-32/h3,5-18,30-31,33H,1,4,19-27H2,2H3;3-17,30H,1,18-27H2,2H3. The van der Waals surface area contributed by atoms with Crippen LogP contribution in [-0.4, -0.2) is 134 Å². The van der Waals surface area contributed by atoms with Gasteiger partial charge in [0.2, 0.25) is 0 Å². The molecular formula is C69H84N6O12S2. The van der Waals surface area contributed by atoms with Gasteiger partial charge in [-0.1, -0.05) is 123 Å². The van der Waals surface area contributed by atoms with Gasteiger partial charge in [0.1, 0.15) is 13.2 Å². The average Bonchev–Trinajstić information content (AvgIpc) is 3.52. The van der Waals surface area contributed by atoms with Gasteiger partial charge >= 0.3 is 12.2 Å². The first-order valence-corrected chi connectivity index (χ1v) is 33.7. The molecule has 2 saturated heterocycles. The molecule has 89 heavy (non-hydrogen) atoms. The van der Waals surface area contributed by atoms with Gasteiger partial charge < -0.3 is 29.1 Å². The summed E-state index contributed by atoms with van der Waals surface area (Å²) in [6.45, 7) is 17.4. The molecule has 0 radical (unpaired) electrons. The fourth-order valence-electron chi connectivity index (χ4n) is 11.7. The molecule has 2 amide bonds. The van der Waals surface area contributed by atoms with Gasteiger partial charge in [-0.25, -0.2) is 26.4 Å². The van der Waals surface area contributed by atoms with Gasteiger partial charge in [0.25, 0.3) is 11.4 Å². The Bertz CT molecular complexity index is 3440. The lowest BCUT2D eigenvalue weighted by atomic mass is 9.77. The second kappa shape index (κ2) is 33.5. The van der Waals surface area contributed by atoms with Crippen molar-refractivity contribution in [1.29, 1.82) is 0 Å². The number of amides is 2. The monoisotopic (exact) mass is 1250 g/mol. The summed E-state index contributed by atoms with van der Waals surface area (Å²) < 4.78 is 64.4. The molecule has 8 rings (SSSR count). The third-order valence-corrected chi connectivity index (χ3v) is 21.3. The maximum atomic E-state index is 13.5. The molecule has 0 aliphatic carbocycles. The van der Waals surface area contributed by atoms with Crippen LogP contribution in [0.5, 0.6) is 0 Å². The van der Waals surface area contributed by atoms with E-state index in [9.17, 15) is 46.7 Å². The van der Waals surface area contributed by atoms with E-state index in [2.05, 4.69) is 54.1 Å². The number of benzene rings is 6. The van der Waals surface area contributed by atoms with Crippen LogP contribution in [-0.2, 0) is 47.8 Å². The van der Waals surface area contributed by atoms with Gasteiger partial charge in [0.05, 0.1) is 30.6 Å². The SMILES string of the molecule is C=CCN(C(=O)OCc1ccc([N+](=O)[O-])cc1)C1CCN(CCC(C)(CCS(=O)(=O)c2ccccc2)c2ccccc2)CC1.C=CCN(C(=O)OCc1ccc([N+](=O)[O-])cc1)C1CCN(CCC(CC(CC)S(=O)(=O)c2ccccc2)c2ccccc2)CC1. The highest BCUT2D eigenvalue weighted by Gasteiger charge is 2.35. The summed E-state index contributed by atoms with van der Waals surface area (Å²) >= 11 is 0. The zero-order valence-electron chi connectivity index (χ0n) is 51.1. The van der Waals surface area contributed by atoms with Crippen LogP contribution in [0.25, 0.3) is 0 Å². The number of piperidine rings is 2. The summed E-state index contributed by atoms with van der Waals surface area (Å²) in [7, 11) is -6.85. The summed E-state index contributed by atoms with van der Waals surface area (Å²) in [6.07, 6.45) is 8.92. The maximum Gasteiger partial charge on any atom is 0.410 e. The molecule has 2 aliphatic rings. The average molecular weight is 1250 g/mol. The first kappa shape index (κ1) is 68.5. The summed E-state index contributed by atoms with van der Waals surface area (Å²) in [6, 6.07) is 49.6. The number of hydrogen-bond donors (Lipinski definition) is 0. The predicted octanol–water partition coefficient (Wildman–Crippen LogP) is 13.4. The number of carbonyl (C=O) groups excluding carboxylic acids is 2. The highest BCUT2D eigenvalue weighted by molar-refractivity contribution is 7.92. The molecule has 2 aliphatic heterocycles. The zero-order valence-corrected chi connectivity index (χ0v) is 52.7. The van der Waals surface area contributed by atoms with Crippen LogP contribution in [0.2, 0.25) is 0 Å². The third-order valence-electron chi connectivity index (χ3n) is 17.2. The fourth-order valence-corrected chi connectivity index (χ4v) is 15.1. The number of carbonyl (C=O) groups is 2. The molecule has 3 unspecified atom stereocenters. The lowest BCUT2D eigenvalue weighted by molar-refractivity contribution is -0.385. The van der Waals surface area contributed by atoms with Gasteiger partial charge in [-0.3, -0.25) is 20.2 Å². The van der Waals surface area contributed by atoms with Crippen molar-refractivity contribution in [2.45, 2.75) is 123 Å².